The number of ether oxygens (including phenoxy) is 1. The standard InChI is InChI=1S/C24H16Cl3N3O3/c25-17-5-1-15(2-6-17)14-33-20-11-7-18(8-12-20)29-23(31)16-3-9-19(10-4-16)30-24(32)22(27)21(26)13-28-30/h1-13H,14H2,(H,29,31). The minimum Gasteiger partial charge on any atom is -0.489 e. The predicted molar refractivity (Wildman–Crippen MR) is 130 cm³/mol. The van der Waals surface area contributed by atoms with Crippen molar-refractivity contribution >= 4 is 46.4 Å². The Morgan fingerprint density at radius 2 is 1.58 bits per heavy atom. The fourth-order valence-electron chi connectivity index (χ4n) is 2.94. The summed E-state index contributed by atoms with van der Waals surface area (Å²) in [6.45, 7) is 0.409. The van der Waals surface area contributed by atoms with Crippen LogP contribution in [-0.2, 0) is 6.61 Å². The van der Waals surface area contributed by atoms with Gasteiger partial charge in [0.2, 0.25) is 0 Å². The Labute approximate surface area is 204 Å². The summed E-state index contributed by atoms with van der Waals surface area (Å²) in [4.78, 5) is 24.8. The largest absolute Gasteiger partial charge is 0.489 e. The van der Waals surface area contributed by atoms with E-state index >= 15 is 0 Å². The van der Waals surface area contributed by atoms with E-state index in [1.807, 2.05) is 24.3 Å². The first kappa shape index (κ1) is 22.9. The van der Waals surface area contributed by atoms with Gasteiger partial charge in [0, 0.05) is 16.3 Å². The number of hydrogen-bond donors (Lipinski definition) is 1. The molecule has 1 N–H and O–H groups in total. The van der Waals surface area contributed by atoms with Gasteiger partial charge in [-0.05, 0) is 66.2 Å². The minimum atomic E-state index is -0.542. The van der Waals surface area contributed by atoms with Crippen LogP contribution in [0.2, 0.25) is 15.1 Å². The summed E-state index contributed by atoms with van der Waals surface area (Å²) in [7, 11) is 0. The molecule has 9 heteroatoms. The highest BCUT2D eigenvalue weighted by molar-refractivity contribution is 6.41. The lowest BCUT2D eigenvalue weighted by molar-refractivity contribution is 0.102. The van der Waals surface area contributed by atoms with Crippen LogP contribution in [0.3, 0.4) is 0 Å². The third kappa shape index (κ3) is 5.54. The van der Waals surface area contributed by atoms with Crippen LogP contribution in [0, 0.1) is 0 Å². The van der Waals surface area contributed by atoms with Gasteiger partial charge in [-0.2, -0.15) is 9.78 Å². The molecule has 3 aromatic carbocycles. The normalized spacial score (nSPS) is 10.6. The number of benzene rings is 3. The molecule has 0 unspecified atom stereocenters. The number of amides is 1. The molecule has 0 aliphatic carbocycles. The number of rotatable bonds is 6. The van der Waals surface area contributed by atoms with Crippen LogP contribution in [0.4, 0.5) is 5.69 Å². The first-order chi connectivity index (χ1) is 15.9. The number of carbonyl (C=O) groups is 1. The number of nitrogens with one attached hydrogen (secondary N) is 1. The molecule has 0 aliphatic rings. The van der Waals surface area contributed by atoms with E-state index in [0.717, 1.165) is 10.2 Å². The van der Waals surface area contributed by atoms with Crippen LogP contribution in [0.5, 0.6) is 5.75 Å². The van der Waals surface area contributed by atoms with Gasteiger partial charge in [0.15, 0.2) is 0 Å². The Kier molecular flexibility index (Phi) is 6.99. The Morgan fingerprint density at radius 1 is 0.909 bits per heavy atom. The van der Waals surface area contributed by atoms with E-state index in [1.54, 1.807) is 48.5 Å². The second-order valence-corrected chi connectivity index (χ2v) is 8.19. The summed E-state index contributed by atoms with van der Waals surface area (Å²) in [5.41, 5.74) is 1.94. The van der Waals surface area contributed by atoms with Crippen molar-refractivity contribution in [2.75, 3.05) is 5.32 Å². The maximum absolute atomic E-state index is 12.6. The van der Waals surface area contributed by atoms with Gasteiger partial charge >= 0.3 is 0 Å². The second kappa shape index (κ2) is 10.1. The predicted octanol–water partition coefficient (Wildman–Crippen LogP) is 6.02. The molecule has 0 radical (unpaired) electrons. The lowest BCUT2D eigenvalue weighted by Gasteiger charge is -2.09. The number of carbonyl (C=O) groups excluding carboxylic acids is 1. The van der Waals surface area contributed by atoms with E-state index in [0.29, 0.717) is 34.3 Å². The zero-order chi connectivity index (χ0) is 23.4. The molecule has 0 atom stereocenters. The summed E-state index contributed by atoms with van der Waals surface area (Å²) in [6, 6.07) is 20.8. The number of hydrogen-bond acceptors (Lipinski definition) is 4. The molecule has 1 amide bonds. The third-order valence-corrected chi connectivity index (χ3v) is 5.68. The maximum Gasteiger partial charge on any atom is 0.291 e. The molecular formula is C24H16Cl3N3O3. The molecule has 4 rings (SSSR count). The van der Waals surface area contributed by atoms with Gasteiger partial charge in [-0.25, -0.2) is 0 Å². The van der Waals surface area contributed by atoms with E-state index in [4.69, 9.17) is 39.5 Å². The highest BCUT2D eigenvalue weighted by Gasteiger charge is 2.11. The molecule has 0 saturated carbocycles. The van der Waals surface area contributed by atoms with Crippen LogP contribution < -0.4 is 15.6 Å². The average molecular weight is 501 g/mol. The van der Waals surface area contributed by atoms with Crippen LogP contribution in [0.1, 0.15) is 15.9 Å². The smallest absolute Gasteiger partial charge is 0.291 e. The third-order valence-electron chi connectivity index (χ3n) is 4.68. The number of aromatic nitrogens is 2. The summed E-state index contributed by atoms with van der Waals surface area (Å²) in [6.07, 6.45) is 1.29. The summed E-state index contributed by atoms with van der Waals surface area (Å²) in [5.74, 6) is 0.373. The van der Waals surface area contributed by atoms with Crippen molar-refractivity contribution in [3.63, 3.8) is 0 Å². The highest BCUT2D eigenvalue weighted by atomic mass is 35.5. The van der Waals surface area contributed by atoms with Crippen molar-refractivity contribution in [3.8, 4) is 11.4 Å². The quantitative estimate of drug-likeness (QED) is 0.351. The molecule has 4 aromatic rings. The van der Waals surface area contributed by atoms with E-state index in [1.165, 1.54) is 6.20 Å². The Hall–Kier alpha value is -3.32. The molecule has 0 spiro atoms. The van der Waals surface area contributed by atoms with Gasteiger partial charge in [0.25, 0.3) is 11.5 Å². The van der Waals surface area contributed by atoms with Crippen molar-refractivity contribution in [2.45, 2.75) is 6.61 Å². The second-order valence-electron chi connectivity index (χ2n) is 6.96. The molecule has 1 heterocycles. The van der Waals surface area contributed by atoms with Gasteiger partial charge in [0.05, 0.1) is 16.9 Å². The van der Waals surface area contributed by atoms with Crippen molar-refractivity contribution in [2.24, 2.45) is 0 Å². The van der Waals surface area contributed by atoms with Gasteiger partial charge in [-0.1, -0.05) is 46.9 Å². The lowest BCUT2D eigenvalue weighted by Crippen LogP contribution is -2.21. The molecule has 0 saturated heterocycles. The molecule has 0 fully saturated rings. The summed E-state index contributed by atoms with van der Waals surface area (Å²) < 4.78 is 6.86. The molecule has 0 bridgehead atoms. The Bertz CT molecular complexity index is 1340. The van der Waals surface area contributed by atoms with E-state index < -0.39 is 5.56 Å². The molecule has 166 valence electrons. The fourth-order valence-corrected chi connectivity index (χ4v) is 3.31. The van der Waals surface area contributed by atoms with E-state index in [9.17, 15) is 9.59 Å². The lowest BCUT2D eigenvalue weighted by atomic mass is 10.2. The van der Waals surface area contributed by atoms with Crippen molar-refractivity contribution < 1.29 is 9.53 Å². The molecular weight excluding hydrogens is 485 g/mol. The minimum absolute atomic E-state index is 0.0790. The monoisotopic (exact) mass is 499 g/mol. The van der Waals surface area contributed by atoms with E-state index in [2.05, 4.69) is 10.4 Å². The molecule has 1 aromatic heterocycles. The first-order valence-electron chi connectivity index (χ1n) is 9.73. The van der Waals surface area contributed by atoms with Crippen LogP contribution >= 0.6 is 34.8 Å². The fraction of sp³-hybridized carbons (Fsp3) is 0.0417. The van der Waals surface area contributed by atoms with Gasteiger partial charge < -0.3 is 10.1 Å². The van der Waals surface area contributed by atoms with Crippen LogP contribution in [-0.4, -0.2) is 15.7 Å². The van der Waals surface area contributed by atoms with Crippen molar-refractivity contribution in [3.05, 3.63) is 116 Å². The Morgan fingerprint density at radius 3 is 2.24 bits per heavy atom. The molecule has 0 aliphatic heterocycles. The first-order valence-corrected chi connectivity index (χ1v) is 10.9. The Balaban J connectivity index is 1.38. The highest BCUT2D eigenvalue weighted by Crippen LogP contribution is 2.20. The zero-order valence-corrected chi connectivity index (χ0v) is 19.2. The SMILES string of the molecule is O=C(Nc1ccc(OCc2ccc(Cl)cc2)cc1)c1ccc(-n2ncc(Cl)c(Cl)c2=O)cc1. The molecule has 33 heavy (non-hydrogen) atoms. The van der Waals surface area contributed by atoms with Gasteiger partial charge in [0.1, 0.15) is 17.4 Å². The van der Waals surface area contributed by atoms with Crippen molar-refractivity contribution in [1.29, 1.82) is 0 Å². The summed E-state index contributed by atoms with van der Waals surface area (Å²) in [5, 5.41) is 7.42. The summed E-state index contributed by atoms with van der Waals surface area (Å²) >= 11 is 17.6. The van der Waals surface area contributed by atoms with E-state index in [-0.39, 0.29) is 16.0 Å². The van der Waals surface area contributed by atoms with Crippen LogP contribution in [0.15, 0.2) is 83.8 Å². The van der Waals surface area contributed by atoms with Gasteiger partial charge in [-0.15, -0.1) is 0 Å². The maximum atomic E-state index is 12.6. The number of halogens is 3. The van der Waals surface area contributed by atoms with Gasteiger partial charge in [-0.3, -0.25) is 9.59 Å². The zero-order valence-electron chi connectivity index (χ0n) is 17.0. The average Bonchev–Trinajstić information content (AvgIpc) is 2.83. The number of nitrogens with zero attached hydrogens (tertiary/aromatic N) is 2. The molecule has 6 nitrogen and oxygen atoms in total. The van der Waals surface area contributed by atoms with Crippen molar-refractivity contribution in [1.82, 2.24) is 9.78 Å². The number of anilines is 1. The topological polar surface area (TPSA) is 73.2 Å². The van der Waals surface area contributed by atoms with Crippen LogP contribution in [0.25, 0.3) is 5.69 Å².